The summed E-state index contributed by atoms with van der Waals surface area (Å²) in [5.74, 6) is 5.15. The minimum atomic E-state index is -0.443. The average molecular weight is 310 g/mol. The van der Waals surface area contributed by atoms with E-state index in [1.54, 1.807) is 0 Å². The molecule has 1 aliphatic carbocycles. The zero-order valence-electron chi connectivity index (χ0n) is 12.0. The molecule has 2 unspecified atom stereocenters. The van der Waals surface area contributed by atoms with Crippen LogP contribution in [0.4, 0.5) is 0 Å². The minimum Gasteiger partial charge on any atom is -0.390 e. The number of hydrogen-bond donors (Lipinski definition) is 3. The summed E-state index contributed by atoms with van der Waals surface area (Å²) in [6, 6.07) is 0. The maximum Gasteiger partial charge on any atom is 0.294 e. The van der Waals surface area contributed by atoms with Gasteiger partial charge in [-0.1, -0.05) is 12.8 Å². The van der Waals surface area contributed by atoms with Crippen molar-refractivity contribution >= 4 is 17.2 Å². The number of nitrogens with zero attached hydrogens (tertiary/aromatic N) is 2. The summed E-state index contributed by atoms with van der Waals surface area (Å²) in [5, 5.41) is 13.0. The topological polar surface area (TPSA) is 91.5 Å². The standard InChI is InChI=1S/C14H22N4O2S/c15-17-12(19)13-16-11(9-21-13)8-18-6-5-14(20)4-2-1-3-10(14)7-18/h9-10,20H,1-8,15H2,(H,17,19). The van der Waals surface area contributed by atoms with Crippen LogP contribution in [-0.4, -0.2) is 39.6 Å². The van der Waals surface area contributed by atoms with Crippen molar-refractivity contribution in [3.05, 3.63) is 16.1 Å². The van der Waals surface area contributed by atoms with Crippen molar-refractivity contribution in [3.8, 4) is 0 Å². The average Bonchev–Trinajstić information content (AvgIpc) is 2.95. The van der Waals surface area contributed by atoms with Gasteiger partial charge in [-0.25, -0.2) is 10.8 Å². The monoisotopic (exact) mass is 310 g/mol. The van der Waals surface area contributed by atoms with E-state index in [9.17, 15) is 9.90 Å². The lowest BCUT2D eigenvalue weighted by molar-refractivity contribution is -0.0969. The molecule has 1 aromatic heterocycles. The molecule has 3 rings (SSSR count). The van der Waals surface area contributed by atoms with Crippen LogP contribution in [0.15, 0.2) is 5.38 Å². The Morgan fingerprint density at radius 1 is 1.57 bits per heavy atom. The van der Waals surface area contributed by atoms with E-state index in [-0.39, 0.29) is 5.91 Å². The molecule has 0 spiro atoms. The molecule has 7 heteroatoms. The fourth-order valence-corrected chi connectivity index (χ4v) is 4.27. The Morgan fingerprint density at radius 3 is 3.24 bits per heavy atom. The van der Waals surface area contributed by atoms with Crippen molar-refractivity contribution in [3.63, 3.8) is 0 Å². The van der Waals surface area contributed by atoms with Crippen LogP contribution in [-0.2, 0) is 6.54 Å². The molecule has 2 heterocycles. The van der Waals surface area contributed by atoms with Crippen molar-refractivity contribution < 1.29 is 9.90 Å². The number of fused-ring (bicyclic) bond motifs is 1. The van der Waals surface area contributed by atoms with E-state index in [2.05, 4.69) is 15.3 Å². The van der Waals surface area contributed by atoms with Gasteiger partial charge in [0, 0.05) is 30.9 Å². The minimum absolute atomic E-state index is 0.341. The van der Waals surface area contributed by atoms with Crippen molar-refractivity contribution in [1.82, 2.24) is 15.3 Å². The number of carbonyl (C=O) groups is 1. The smallest absolute Gasteiger partial charge is 0.294 e. The molecule has 0 bridgehead atoms. The Morgan fingerprint density at radius 2 is 2.43 bits per heavy atom. The van der Waals surface area contributed by atoms with Gasteiger partial charge in [-0.05, 0) is 19.3 Å². The molecule has 2 aliphatic rings. The highest BCUT2D eigenvalue weighted by molar-refractivity contribution is 7.11. The quantitative estimate of drug-likeness (QED) is 0.438. The second-order valence-electron chi connectivity index (χ2n) is 6.15. The van der Waals surface area contributed by atoms with Gasteiger partial charge >= 0.3 is 0 Å². The summed E-state index contributed by atoms with van der Waals surface area (Å²) in [7, 11) is 0. The number of nitrogen functional groups attached to an aromatic ring is 1. The van der Waals surface area contributed by atoms with Crippen LogP contribution in [0.5, 0.6) is 0 Å². The van der Waals surface area contributed by atoms with Crippen molar-refractivity contribution in [2.75, 3.05) is 13.1 Å². The lowest BCUT2D eigenvalue weighted by Crippen LogP contribution is -2.52. The SMILES string of the molecule is NNC(=O)c1nc(CN2CCC3(O)CCCCC3C2)cs1. The van der Waals surface area contributed by atoms with Crippen LogP contribution in [0.3, 0.4) is 0 Å². The van der Waals surface area contributed by atoms with Gasteiger partial charge in [0.05, 0.1) is 11.3 Å². The molecular formula is C14H22N4O2S. The molecule has 2 atom stereocenters. The molecule has 21 heavy (non-hydrogen) atoms. The summed E-state index contributed by atoms with van der Waals surface area (Å²) in [6.07, 6.45) is 5.28. The highest BCUT2D eigenvalue weighted by atomic mass is 32.1. The van der Waals surface area contributed by atoms with Crippen LogP contribution in [0.2, 0.25) is 0 Å². The van der Waals surface area contributed by atoms with E-state index in [1.165, 1.54) is 17.8 Å². The predicted octanol–water partition coefficient (Wildman–Crippen LogP) is 0.874. The molecule has 1 saturated heterocycles. The molecule has 0 radical (unpaired) electrons. The molecule has 116 valence electrons. The lowest BCUT2D eigenvalue weighted by atomic mass is 9.71. The highest BCUT2D eigenvalue weighted by Crippen LogP contribution is 2.40. The molecule has 2 fully saturated rings. The lowest BCUT2D eigenvalue weighted by Gasteiger charge is -2.47. The normalized spacial score (nSPS) is 29.9. The van der Waals surface area contributed by atoms with Crippen molar-refractivity contribution in [1.29, 1.82) is 0 Å². The van der Waals surface area contributed by atoms with Gasteiger partial charge in [-0.3, -0.25) is 15.1 Å². The third-order valence-electron chi connectivity index (χ3n) is 4.77. The Hall–Kier alpha value is -1.02. The number of carbonyl (C=O) groups excluding carboxylic acids is 1. The Kier molecular flexibility index (Phi) is 4.26. The number of hydrazine groups is 1. The number of aromatic nitrogens is 1. The van der Waals surface area contributed by atoms with Crippen LogP contribution in [0, 0.1) is 5.92 Å². The number of hydrogen-bond acceptors (Lipinski definition) is 6. The molecule has 6 nitrogen and oxygen atoms in total. The van der Waals surface area contributed by atoms with E-state index < -0.39 is 5.60 Å². The second-order valence-corrected chi connectivity index (χ2v) is 7.01. The fourth-order valence-electron chi connectivity index (χ4n) is 3.56. The van der Waals surface area contributed by atoms with E-state index in [4.69, 9.17) is 5.84 Å². The van der Waals surface area contributed by atoms with E-state index in [0.717, 1.165) is 51.0 Å². The molecule has 1 aliphatic heterocycles. The van der Waals surface area contributed by atoms with E-state index >= 15 is 0 Å². The third kappa shape index (κ3) is 3.11. The molecular weight excluding hydrogens is 288 g/mol. The van der Waals surface area contributed by atoms with Gasteiger partial charge in [-0.2, -0.15) is 0 Å². The second kappa shape index (κ2) is 6.00. The van der Waals surface area contributed by atoms with Gasteiger partial charge in [-0.15, -0.1) is 11.3 Å². The number of nitrogens with one attached hydrogen (secondary N) is 1. The van der Waals surface area contributed by atoms with Crippen molar-refractivity contribution in [2.45, 2.75) is 44.2 Å². The number of rotatable bonds is 3. The van der Waals surface area contributed by atoms with Gasteiger partial charge in [0.25, 0.3) is 5.91 Å². The Bertz CT molecular complexity index is 521. The number of nitrogens with two attached hydrogens (primary N) is 1. The molecule has 4 N–H and O–H groups in total. The summed E-state index contributed by atoms with van der Waals surface area (Å²) in [5.41, 5.74) is 2.56. The number of likely N-dealkylation sites (tertiary alicyclic amines) is 1. The molecule has 0 aromatic carbocycles. The summed E-state index contributed by atoms with van der Waals surface area (Å²) in [6.45, 7) is 2.55. The van der Waals surface area contributed by atoms with Crippen LogP contribution >= 0.6 is 11.3 Å². The Balaban J connectivity index is 1.61. The largest absolute Gasteiger partial charge is 0.390 e. The van der Waals surface area contributed by atoms with E-state index in [0.29, 0.717) is 10.9 Å². The zero-order chi connectivity index (χ0) is 14.9. The predicted molar refractivity (Wildman–Crippen MR) is 80.6 cm³/mol. The Labute approximate surface area is 128 Å². The first-order valence-electron chi connectivity index (χ1n) is 7.51. The van der Waals surface area contributed by atoms with Gasteiger partial charge in [0.1, 0.15) is 0 Å². The summed E-state index contributed by atoms with van der Waals surface area (Å²) < 4.78 is 0. The highest BCUT2D eigenvalue weighted by Gasteiger charge is 2.42. The first-order chi connectivity index (χ1) is 10.1. The van der Waals surface area contributed by atoms with Gasteiger partial charge in [0.15, 0.2) is 5.01 Å². The molecule has 1 amide bonds. The fraction of sp³-hybridized carbons (Fsp3) is 0.714. The van der Waals surface area contributed by atoms with Gasteiger partial charge in [0.2, 0.25) is 0 Å². The third-order valence-corrected chi connectivity index (χ3v) is 5.66. The molecule has 1 saturated carbocycles. The molecule has 1 aromatic rings. The maximum atomic E-state index is 11.4. The van der Waals surface area contributed by atoms with Crippen LogP contribution in [0.25, 0.3) is 0 Å². The summed E-state index contributed by atoms with van der Waals surface area (Å²) in [4.78, 5) is 18.1. The first kappa shape index (κ1) is 14.9. The van der Waals surface area contributed by atoms with Crippen molar-refractivity contribution in [2.24, 2.45) is 11.8 Å². The van der Waals surface area contributed by atoms with Gasteiger partial charge < -0.3 is 5.11 Å². The summed E-state index contributed by atoms with van der Waals surface area (Å²) >= 11 is 1.31. The number of piperidine rings is 1. The maximum absolute atomic E-state index is 11.4. The zero-order valence-corrected chi connectivity index (χ0v) is 12.9. The van der Waals surface area contributed by atoms with Crippen LogP contribution < -0.4 is 11.3 Å². The van der Waals surface area contributed by atoms with E-state index in [1.807, 2.05) is 5.38 Å². The first-order valence-corrected chi connectivity index (χ1v) is 8.39. The number of aliphatic hydroxyl groups is 1. The van der Waals surface area contributed by atoms with Crippen LogP contribution in [0.1, 0.15) is 47.6 Å². The number of thiazole rings is 1. The number of amides is 1.